The summed E-state index contributed by atoms with van der Waals surface area (Å²) < 4.78 is 11.1. The highest BCUT2D eigenvalue weighted by atomic mass is 16.5. The highest BCUT2D eigenvalue weighted by molar-refractivity contribution is 5.97. The fourth-order valence-electron chi connectivity index (χ4n) is 5.49. The van der Waals surface area contributed by atoms with E-state index in [0.717, 1.165) is 74.6 Å². The quantitative estimate of drug-likeness (QED) is 0.558. The molecule has 206 valence electrons. The van der Waals surface area contributed by atoms with E-state index in [2.05, 4.69) is 10.2 Å². The Balaban J connectivity index is 1.56. The number of carbonyl (C=O) groups is 2. The number of carbonyl (C=O) groups excluding carboxylic acids is 2. The molecule has 2 aliphatic heterocycles. The summed E-state index contributed by atoms with van der Waals surface area (Å²) >= 11 is 0. The lowest BCUT2D eigenvalue weighted by molar-refractivity contribution is -0.116. The Morgan fingerprint density at radius 2 is 1.68 bits per heavy atom. The predicted octanol–water partition coefficient (Wildman–Crippen LogP) is 5.31. The van der Waals surface area contributed by atoms with Gasteiger partial charge in [-0.1, -0.05) is 31.4 Å². The second-order valence-corrected chi connectivity index (χ2v) is 10.4. The van der Waals surface area contributed by atoms with Crippen molar-refractivity contribution in [3.63, 3.8) is 0 Å². The first-order valence-electron chi connectivity index (χ1n) is 14.3. The van der Waals surface area contributed by atoms with Gasteiger partial charge in [-0.05, 0) is 80.6 Å². The molecule has 0 spiro atoms. The number of nitrogens with one attached hydrogen (secondary N) is 1. The van der Waals surface area contributed by atoms with Gasteiger partial charge in [0.15, 0.2) is 0 Å². The van der Waals surface area contributed by atoms with Crippen molar-refractivity contribution in [3.05, 3.63) is 59.2 Å². The van der Waals surface area contributed by atoms with Crippen LogP contribution in [0.4, 0.5) is 5.69 Å². The van der Waals surface area contributed by atoms with E-state index in [9.17, 15) is 9.59 Å². The second kappa shape index (κ2) is 14.3. The van der Waals surface area contributed by atoms with Gasteiger partial charge in [0.1, 0.15) is 5.75 Å². The maximum atomic E-state index is 13.2. The first-order chi connectivity index (χ1) is 18.5. The zero-order valence-corrected chi connectivity index (χ0v) is 23.0. The molecule has 7 heteroatoms. The lowest BCUT2D eigenvalue weighted by Gasteiger charge is -2.36. The number of nitrogens with zero attached hydrogens (tertiary/aromatic N) is 2. The van der Waals surface area contributed by atoms with E-state index < -0.39 is 0 Å². The van der Waals surface area contributed by atoms with E-state index in [0.29, 0.717) is 31.3 Å². The van der Waals surface area contributed by atoms with Crippen molar-refractivity contribution >= 4 is 17.5 Å². The van der Waals surface area contributed by atoms with Crippen molar-refractivity contribution in [1.82, 2.24) is 10.2 Å². The van der Waals surface area contributed by atoms with Crippen LogP contribution in [0.25, 0.3) is 0 Å². The Hall–Kier alpha value is -2.90. The van der Waals surface area contributed by atoms with E-state index in [1.165, 1.54) is 19.3 Å². The molecule has 0 aromatic heterocycles. The molecule has 4 rings (SSSR count). The molecule has 38 heavy (non-hydrogen) atoms. The number of anilines is 1. The summed E-state index contributed by atoms with van der Waals surface area (Å²) in [6.45, 7) is 8.72. The lowest BCUT2D eigenvalue weighted by atomic mass is 10.0. The van der Waals surface area contributed by atoms with Crippen LogP contribution in [-0.2, 0) is 22.6 Å². The van der Waals surface area contributed by atoms with Crippen molar-refractivity contribution in [2.45, 2.75) is 77.9 Å². The molecule has 1 N–H and O–H groups in total. The van der Waals surface area contributed by atoms with E-state index in [4.69, 9.17) is 9.47 Å². The summed E-state index contributed by atoms with van der Waals surface area (Å²) in [5.41, 5.74) is 3.61. The molecule has 1 fully saturated rings. The minimum atomic E-state index is -0.111. The molecule has 0 radical (unpaired) electrons. The first kappa shape index (κ1) is 28.1. The fourth-order valence-corrected chi connectivity index (χ4v) is 5.49. The van der Waals surface area contributed by atoms with E-state index in [-0.39, 0.29) is 11.8 Å². The van der Waals surface area contributed by atoms with Gasteiger partial charge in [-0.2, -0.15) is 0 Å². The highest BCUT2D eigenvalue weighted by Crippen LogP contribution is 2.28. The molecular weight excluding hydrogens is 478 g/mol. The normalized spacial score (nSPS) is 18.1. The van der Waals surface area contributed by atoms with Gasteiger partial charge in [0, 0.05) is 57.1 Å². The van der Waals surface area contributed by atoms with Crippen LogP contribution in [0.3, 0.4) is 0 Å². The molecule has 7 nitrogen and oxygen atoms in total. The molecule has 1 saturated heterocycles. The van der Waals surface area contributed by atoms with Crippen LogP contribution in [0.1, 0.15) is 80.3 Å². The number of fused-ring (bicyclic) bond motifs is 1. The van der Waals surface area contributed by atoms with Crippen molar-refractivity contribution in [3.8, 4) is 5.75 Å². The minimum absolute atomic E-state index is 0.0497. The highest BCUT2D eigenvalue weighted by Gasteiger charge is 2.25. The Labute approximate surface area is 227 Å². The number of amides is 2. The van der Waals surface area contributed by atoms with Crippen LogP contribution in [-0.4, -0.2) is 55.7 Å². The summed E-state index contributed by atoms with van der Waals surface area (Å²) in [5.74, 6) is 0.764. The average molecular weight is 522 g/mol. The molecule has 2 heterocycles. The van der Waals surface area contributed by atoms with Gasteiger partial charge < -0.3 is 19.7 Å². The molecule has 0 aliphatic carbocycles. The number of benzene rings is 2. The first-order valence-corrected chi connectivity index (χ1v) is 14.3. The van der Waals surface area contributed by atoms with Gasteiger partial charge in [-0.25, -0.2) is 0 Å². The van der Waals surface area contributed by atoms with Gasteiger partial charge in [-0.3, -0.25) is 14.5 Å². The van der Waals surface area contributed by atoms with E-state index >= 15 is 0 Å². The van der Waals surface area contributed by atoms with Crippen LogP contribution in [0.5, 0.6) is 5.75 Å². The fraction of sp³-hybridized carbons (Fsp3) is 0.548. The predicted molar refractivity (Wildman–Crippen MR) is 151 cm³/mol. The number of ether oxygens (including phenoxy) is 2. The molecule has 0 atom stereocenters. The molecule has 2 aliphatic rings. The lowest BCUT2D eigenvalue weighted by Crippen LogP contribution is -2.40. The van der Waals surface area contributed by atoms with Gasteiger partial charge in [0.05, 0.1) is 6.61 Å². The van der Waals surface area contributed by atoms with Crippen LogP contribution in [0.2, 0.25) is 0 Å². The van der Waals surface area contributed by atoms with Crippen LogP contribution in [0, 0.1) is 0 Å². The van der Waals surface area contributed by atoms with Crippen molar-refractivity contribution in [2.24, 2.45) is 0 Å². The van der Waals surface area contributed by atoms with Crippen LogP contribution >= 0.6 is 0 Å². The summed E-state index contributed by atoms with van der Waals surface area (Å²) in [6.07, 6.45) is 7.75. The summed E-state index contributed by atoms with van der Waals surface area (Å²) in [4.78, 5) is 30.4. The van der Waals surface area contributed by atoms with Gasteiger partial charge in [0.2, 0.25) is 5.91 Å². The zero-order chi connectivity index (χ0) is 26.7. The Morgan fingerprint density at radius 1 is 0.974 bits per heavy atom. The molecule has 2 amide bonds. The Morgan fingerprint density at radius 3 is 2.39 bits per heavy atom. The summed E-state index contributed by atoms with van der Waals surface area (Å²) in [6, 6.07) is 14.1. The molecule has 0 bridgehead atoms. The minimum Gasteiger partial charge on any atom is -0.494 e. The largest absolute Gasteiger partial charge is 0.494 e. The number of rotatable bonds is 6. The molecule has 2 aromatic rings. The van der Waals surface area contributed by atoms with Crippen molar-refractivity contribution in [2.75, 3.05) is 37.8 Å². The smallest absolute Gasteiger partial charge is 0.251 e. The SMILES string of the molecule is CCOc1ccc(CNC(=O)c2ccc3c(c2)CN(C2CCOCC2)CCCCCCCN3C(C)=O)cc1. The Kier molecular flexibility index (Phi) is 10.6. The van der Waals surface area contributed by atoms with Gasteiger partial charge >= 0.3 is 0 Å². The Bertz CT molecular complexity index is 1050. The molecular formula is C31H43N3O4. The van der Waals surface area contributed by atoms with Crippen LogP contribution < -0.4 is 15.0 Å². The van der Waals surface area contributed by atoms with Gasteiger partial charge in [-0.15, -0.1) is 0 Å². The van der Waals surface area contributed by atoms with Crippen molar-refractivity contribution < 1.29 is 19.1 Å². The second-order valence-electron chi connectivity index (χ2n) is 10.4. The topological polar surface area (TPSA) is 71.1 Å². The van der Waals surface area contributed by atoms with Gasteiger partial charge in [0.25, 0.3) is 5.91 Å². The standard InChI is InChI=1S/C31H43N3O4/c1-3-38-29-12-9-25(10-13-29)22-32-31(36)26-11-14-30-27(21-26)23-33(28-15-19-37-20-16-28)17-7-5-4-6-8-18-34(30)24(2)35/h9-14,21,28H,3-8,15-20,22-23H2,1-2H3,(H,32,36). The summed E-state index contributed by atoms with van der Waals surface area (Å²) in [5, 5.41) is 3.06. The third-order valence-electron chi connectivity index (χ3n) is 7.61. The third kappa shape index (κ3) is 7.81. The molecule has 2 aromatic carbocycles. The third-order valence-corrected chi connectivity index (χ3v) is 7.61. The monoisotopic (exact) mass is 521 g/mol. The van der Waals surface area contributed by atoms with Crippen LogP contribution in [0.15, 0.2) is 42.5 Å². The summed E-state index contributed by atoms with van der Waals surface area (Å²) in [7, 11) is 0. The average Bonchev–Trinajstić information content (AvgIpc) is 2.93. The van der Waals surface area contributed by atoms with Crippen molar-refractivity contribution in [1.29, 1.82) is 0 Å². The van der Waals surface area contributed by atoms with E-state index in [1.54, 1.807) is 6.92 Å². The maximum Gasteiger partial charge on any atom is 0.251 e. The maximum absolute atomic E-state index is 13.2. The molecule has 0 unspecified atom stereocenters. The number of hydrogen-bond acceptors (Lipinski definition) is 5. The molecule has 0 saturated carbocycles. The number of hydrogen-bond donors (Lipinski definition) is 1. The van der Waals surface area contributed by atoms with E-state index in [1.807, 2.05) is 54.3 Å². The zero-order valence-electron chi connectivity index (χ0n) is 23.0.